The van der Waals surface area contributed by atoms with Gasteiger partial charge in [0.1, 0.15) is 6.10 Å². The fourth-order valence-electron chi connectivity index (χ4n) is 2.37. The number of carbonyl (C=O) groups excluding carboxylic acids is 1. The van der Waals surface area contributed by atoms with Crippen molar-refractivity contribution >= 4 is 11.9 Å². The number of ether oxygens (including phenoxy) is 1. The van der Waals surface area contributed by atoms with Crippen LogP contribution in [0.1, 0.15) is 18.4 Å². The van der Waals surface area contributed by atoms with Gasteiger partial charge in [0.05, 0.1) is 12.6 Å². The van der Waals surface area contributed by atoms with E-state index in [4.69, 9.17) is 9.84 Å². The van der Waals surface area contributed by atoms with E-state index in [1.807, 2.05) is 30.3 Å². The molecule has 1 amide bonds. The number of benzene rings is 1. The summed E-state index contributed by atoms with van der Waals surface area (Å²) >= 11 is 0. The van der Waals surface area contributed by atoms with E-state index in [-0.39, 0.29) is 12.5 Å². The number of hydrogen-bond acceptors (Lipinski definition) is 4. The third-order valence-corrected chi connectivity index (χ3v) is 3.48. The molecule has 0 saturated carbocycles. The van der Waals surface area contributed by atoms with Crippen LogP contribution in [0.4, 0.5) is 0 Å². The maximum absolute atomic E-state index is 12.0. The van der Waals surface area contributed by atoms with Gasteiger partial charge in [0.15, 0.2) is 6.10 Å². The Labute approximate surface area is 122 Å². The lowest BCUT2D eigenvalue weighted by molar-refractivity contribution is -0.152. The minimum atomic E-state index is -1.05. The minimum Gasteiger partial charge on any atom is -0.479 e. The first-order valence-corrected chi connectivity index (χ1v) is 6.93. The van der Waals surface area contributed by atoms with Crippen molar-refractivity contribution in [3.05, 3.63) is 35.9 Å². The predicted molar refractivity (Wildman–Crippen MR) is 74.7 cm³/mol. The van der Waals surface area contributed by atoms with E-state index in [1.54, 1.807) is 0 Å². The van der Waals surface area contributed by atoms with Crippen LogP contribution in [0.5, 0.6) is 0 Å². The van der Waals surface area contributed by atoms with E-state index in [1.165, 1.54) is 0 Å². The van der Waals surface area contributed by atoms with Crippen LogP contribution >= 0.6 is 0 Å². The van der Waals surface area contributed by atoms with E-state index in [2.05, 4.69) is 5.32 Å². The van der Waals surface area contributed by atoms with Crippen LogP contribution in [0, 0.1) is 0 Å². The number of aliphatic hydroxyl groups excluding tert-OH is 1. The summed E-state index contributed by atoms with van der Waals surface area (Å²) in [4.78, 5) is 22.8. The average Bonchev–Trinajstić information content (AvgIpc) is 2.97. The molecule has 0 aromatic heterocycles. The summed E-state index contributed by atoms with van der Waals surface area (Å²) in [5, 5.41) is 20.9. The van der Waals surface area contributed by atoms with Crippen LogP contribution in [0.15, 0.2) is 30.3 Å². The molecule has 21 heavy (non-hydrogen) atoms. The summed E-state index contributed by atoms with van der Waals surface area (Å²) in [5.41, 5.74) is 1.01. The lowest BCUT2D eigenvalue weighted by atomic mass is 10.1. The summed E-state index contributed by atoms with van der Waals surface area (Å²) in [6.07, 6.45) is -0.446. The molecule has 1 saturated heterocycles. The normalized spacial score (nSPS) is 22.7. The van der Waals surface area contributed by atoms with Crippen LogP contribution < -0.4 is 5.32 Å². The molecule has 0 bridgehead atoms. The van der Waals surface area contributed by atoms with Crippen molar-refractivity contribution in [2.45, 2.75) is 37.5 Å². The largest absolute Gasteiger partial charge is 0.479 e. The maximum Gasteiger partial charge on any atom is 0.332 e. The number of carboxylic acid groups (broad SMARTS) is 1. The molecule has 1 aliphatic heterocycles. The summed E-state index contributed by atoms with van der Waals surface area (Å²) in [6, 6.07) is 9.11. The number of aliphatic carboxylic acids is 1. The van der Waals surface area contributed by atoms with Crippen LogP contribution in [0.3, 0.4) is 0 Å². The van der Waals surface area contributed by atoms with E-state index in [0.29, 0.717) is 19.3 Å². The third-order valence-electron chi connectivity index (χ3n) is 3.48. The highest BCUT2D eigenvalue weighted by Crippen LogP contribution is 2.20. The summed E-state index contributed by atoms with van der Waals surface area (Å²) in [6.45, 7) is -0.185. The number of rotatable bonds is 6. The molecule has 6 heteroatoms. The smallest absolute Gasteiger partial charge is 0.332 e. The average molecular weight is 293 g/mol. The number of nitrogens with one attached hydrogen (secondary N) is 1. The van der Waals surface area contributed by atoms with Crippen LogP contribution in [0.25, 0.3) is 0 Å². The van der Waals surface area contributed by atoms with Gasteiger partial charge in [0.2, 0.25) is 5.91 Å². The fourth-order valence-corrected chi connectivity index (χ4v) is 2.37. The van der Waals surface area contributed by atoms with Crippen molar-refractivity contribution in [2.24, 2.45) is 0 Å². The molecule has 3 N–H and O–H groups in total. The first-order valence-electron chi connectivity index (χ1n) is 6.93. The SMILES string of the molecule is O=C(O)C1CCC(C(=O)NC(CO)Cc2ccccc2)O1. The predicted octanol–water partition coefficient (Wildman–Crippen LogP) is 0.338. The molecule has 1 aromatic rings. The van der Waals surface area contributed by atoms with Gasteiger partial charge in [0.25, 0.3) is 0 Å². The number of hydrogen-bond donors (Lipinski definition) is 3. The highest BCUT2D eigenvalue weighted by molar-refractivity contribution is 5.82. The first kappa shape index (κ1) is 15.5. The second-order valence-electron chi connectivity index (χ2n) is 5.11. The Morgan fingerprint density at radius 2 is 1.90 bits per heavy atom. The van der Waals surface area contributed by atoms with Crippen LogP contribution in [-0.4, -0.2) is 46.9 Å². The molecule has 1 heterocycles. The van der Waals surface area contributed by atoms with Gasteiger partial charge in [-0.05, 0) is 24.8 Å². The molecular formula is C15H19NO5. The van der Waals surface area contributed by atoms with Gasteiger partial charge in [-0.1, -0.05) is 30.3 Å². The monoisotopic (exact) mass is 293 g/mol. The van der Waals surface area contributed by atoms with Gasteiger partial charge in [0, 0.05) is 0 Å². The van der Waals surface area contributed by atoms with E-state index in [0.717, 1.165) is 5.56 Å². The van der Waals surface area contributed by atoms with Crippen molar-refractivity contribution in [2.75, 3.05) is 6.61 Å². The van der Waals surface area contributed by atoms with E-state index >= 15 is 0 Å². The molecule has 6 nitrogen and oxygen atoms in total. The molecule has 1 aromatic carbocycles. The number of aliphatic hydroxyl groups is 1. The van der Waals surface area contributed by atoms with Crippen molar-refractivity contribution in [1.82, 2.24) is 5.32 Å². The zero-order chi connectivity index (χ0) is 15.2. The topological polar surface area (TPSA) is 95.9 Å². The molecule has 0 aliphatic carbocycles. The molecule has 3 atom stereocenters. The van der Waals surface area contributed by atoms with E-state index in [9.17, 15) is 14.7 Å². The molecule has 114 valence electrons. The Morgan fingerprint density at radius 1 is 1.24 bits per heavy atom. The van der Waals surface area contributed by atoms with Gasteiger partial charge in [-0.25, -0.2) is 4.79 Å². The molecule has 0 spiro atoms. The Morgan fingerprint density at radius 3 is 2.48 bits per heavy atom. The highest BCUT2D eigenvalue weighted by atomic mass is 16.5. The molecule has 1 aliphatic rings. The van der Waals surface area contributed by atoms with Gasteiger partial charge in [-0.15, -0.1) is 0 Å². The Hall–Kier alpha value is -1.92. The third kappa shape index (κ3) is 4.27. The lowest BCUT2D eigenvalue weighted by Gasteiger charge is -2.19. The Kier molecular flexibility index (Phi) is 5.30. The second kappa shape index (κ2) is 7.19. The molecular weight excluding hydrogens is 274 g/mol. The molecule has 2 rings (SSSR count). The Balaban J connectivity index is 1.87. The minimum absolute atomic E-state index is 0.185. The van der Waals surface area contributed by atoms with Gasteiger partial charge >= 0.3 is 5.97 Å². The molecule has 0 radical (unpaired) electrons. The number of carbonyl (C=O) groups is 2. The van der Waals surface area contributed by atoms with Crippen molar-refractivity contribution in [1.29, 1.82) is 0 Å². The highest BCUT2D eigenvalue weighted by Gasteiger charge is 2.35. The maximum atomic E-state index is 12.0. The quantitative estimate of drug-likeness (QED) is 0.703. The summed E-state index contributed by atoms with van der Waals surface area (Å²) in [7, 11) is 0. The number of amides is 1. The number of carboxylic acids is 1. The van der Waals surface area contributed by atoms with Crippen LogP contribution in [0.2, 0.25) is 0 Å². The molecule has 3 unspecified atom stereocenters. The second-order valence-corrected chi connectivity index (χ2v) is 5.11. The van der Waals surface area contributed by atoms with E-state index < -0.39 is 24.2 Å². The standard InChI is InChI=1S/C15H19NO5/c17-9-11(8-10-4-2-1-3-5-10)16-14(18)12-6-7-13(21-12)15(19)20/h1-5,11-13,17H,6-9H2,(H,16,18)(H,19,20). The fraction of sp³-hybridized carbons (Fsp3) is 0.467. The van der Waals surface area contributed by atoms with Crippen molar-refractivity contribution < 1.29 is 24.5 Å². The van der Waals surface area contributed by atoms with Gasteiger partial charge in [-0.3, -0.25) is 4.79 Å². The van der Waals surface area contributed by atoms with Crippen molar-refractivity contribution in [3.63, 3.8) is 0 Å². The molecule has 1 fully saturated rings. The van der Waals surface area contributed by atoms with Crippen LogP contribution in [-0.2, 0) is 20.7 Å². The zero-order valence-corrected chi connectivity index (χ0v) is 11.6. The summed E-state index contributed by atoms with van der Waals surface area (Å²) < 4.78 is 5.19. The van der Waals surface area contributed by atoms with Crippen molar-refractivity contribution in [3.8, 4) is 0 Å². The zero-order valence-electron chi connectivity index (χ0n) is 11.6. The van der Waals surface area contributed by atoms with Gasteiger partial charge < -0.3 is 20.3 Å². The summed E-state index contributed by atoms with van der Waals surface area (Å²) in [5.74, 6) is -1.41. The Bertz CT molecular complexity index is 490. The lowest BCUT2D eigenvalue weighted by Crippen LogP contribution is -2.44. The van der Waals surface area contributed by atoms with Gasteiger partial charge in [-0.2, -0.15) is 0 Å². The first-order chi connectivity index (χ1) is 10.1.